The molecule has 96 valence electrons. The lowest BCUT2D eigenvalue weighted by Crippen LogP contribution is -2.39. The average Bonchev–Trinajstić information content (AvgIpc) is 2.22. The second-order valence-electron chi connectivity index (χ2n) is 5.30. The van der Waals surface area contributed by atoms with Crippen LogP contribution in [0.4, 0.5) is 4.39 Å². The molecule has 0 saturated heterocycles. The SMILES string of the molecule is CC(C)(C)C(O)C(O)Cc1cccc(Cl)c1F. The van der Waals surface area contributed by atoms with E-state index in [1.54, 1.807) is 12.1 Å². The van der Waals surface area contributed by atoms with E-state index in [2.05, 4.69) is 0 Å². The molecular weight excluding hydrogens is 243 g/mol. The van der Waals surface area contributed by atoms with E-state index in [-0.39, 0.29) is 11.4 Å². The molecule has 2 atom stereocenters. The van der Waals surface area contributed by atoms with Crippen LogP contribution in [0.3, 0.4) is 0 Å². The molecular formula is C13H18ClFO2. The number of rotatable bonds is 3. The van der Waals surface area contributed by atoms with Gasteiger partial charge in [0.2, 0.25) is 0 Å². The van der Waals surface area contributed by atoms with E-state index < -0.39 is 23.4 Å². The second kappa shape index (κ2) is 5.34. The highest BCUT2D eigenvalue weighted by Gasteiger charge is 2.29. The van der Waals surface area contributed by atoms with E-state index in [0.29, 0.717) is 5.56 Å². The van der Waals surface area contributed by atoms with Gasteiger partial charge in [0.1, 0.15) is 5.82 Å². The van der Waals surface area contributed by atoms with Crippen LogP contribution in [0.15, 0.2) is 18.2 Å². The maximum absolute atomic E-state index is 13.6. The lowest BCUT2D eigenvalue weighted by atomic mass is 9.84. The molecule has 1 aromatic rings. The van der Waals surface area contributed by atoms with Crippen LogP contribution in [-0.4, -0.2) is 22.4 Å². The third kappa shape index (κ3) is 3.66. The Labute approximate surface area is 106 Å². The van der Waals surface area contributed by atoms with Gasteiger partial charge in [-0.1, -0.05) is 44.5 Å². The van der Waals surface area contributed by atoms with Gasteiger partial charge in [0.15, 0.2) is 0 Å². The summed E-state index contributed by atoms with van der Waals surface area (Å²) in [6.07, 6.45) is -1.88. The molecule has 0 aliphatic heterocycles. The molecule has 1 rings (SSSR count). The third-order valence-corrected chi connectivity index (χ3v) is 3.00. The fraction of sp³-hybridized carbons (Fsp3) is 0.538. The quantitative estimate of drug-likeness (QED) is 0.877. The van der Waals surface area contributed by atoms with Crippen LogP contribution in [0.25, 0.3) is 0 Å². The number of hydrogen-bond donors (Lipinski definition) is 2. The molecule has 2 nitrogen and oxygen atoms in total. The summed E-state index contributed by atoms with van der Waals surface area (Å²) in [4.78, 5) is 0. The molecule has 17 heavy (non-hydrogen) atoms. The Morgan fingerprint density at radius 2 is 1.88 bits per heavy atom. The molecule has 0 spiro atoms. The molecule has 2 N–H and O–H groups in total. The van der Waals surface area contributed by atoms with Gasteiger partial charge in [0, 0.05) is 6.42 Å². The minimum Gasteiger partial charge on any atom is -0.390 e. The molecule has 0 aliphatic rings. The van der Waals surface area contributed by atoms with Gasteiger partial charge >= 0.3 is 0 Å². The molecule has 0 heterocycles. The van der Waals surface area contributed by atoms with Crippen LogP contribution in [0.2, 0.25) is 5.02 Å². The smallest absolute Gasteiger partial charge is 0.145 e. The van der Waals surface area contributed by atoms with Crippen molar-refractivity contribution in [1.82, 2.24) is 0 Å². The number of halogens is 2. The summed E-state index contributed by atoms with van der Waals surface area (Å²) in [6.45, 7) is 5.44. The van der Waals surface area contributed by atoms with Crippen LogP contribution in [0, 0.1) is 11.2 Å². The van der Waals surface area contributed by atoms with Gasteiger partial charge < -0.3 is 10.2 Å². The highest BCUT2D eigenvalue weighted by molar-refractivity contribution is 6.30. The van der Waals surface area contributed by atoms with E-state index in [4.69, 9.17) is 11.6 Å². The van der Waals surface area contributed by atoms with Gasteiger partial charge in [-0.2, -0.15) is 0 Å². The predicted molar refractivity (Wildman–Crippen MR) is 66.6 cm³/mol. The van der Waals surface area contributed by atoms with Crippen molar-refractivity contribution in [3.05, 3.63) is 34.6 Å². The molecule has 2 unspecified atom stereocenters. The van der Waals surface area contributed by atoms with E-state index in [1.165, 1.54) is 6.07 Å². The van der Waals surface area contributed by atoms with Gasteiger partial charge in [-0.05, 0) is 17.0 Å². The summed E-state index contributed by atoms with van der Waals surface area (Å²) >= 11 is 5.65. The maximum Gasteiger partial charge on any atom is 0.145 e. The van der Waals surface area contributed by atoms with Crippen molar-refractivity contribution in [3.8, 4) is 0 Å². The fourth-order valence-electron chi connectivity index (χ4n) is 1.62. The molecule has 0 aliphatic carbocycles. The normalized spacial score (nSPS) is 15.7. The summed E-state index contributed by atoms with van der Waals surface area (Å²) in [7, 11) is 0. The van der Waals surface area contributed by atoms with Crippen molar-refractivity contribution in [2.75, 3.05) is 0 Å². The molecule has 0 bridgehead atoms. The Balaban J connectivity index is 2.81. The van der Waals surface area contributed by atoms with Crippen molar-refractivity contribution in [1.29, 1.82) is 0 Å². The first kappa shape index (κ1) is 14.4. The number of aliphatic hydroxyl groups is 2. The van der Waals surface area contributed by atoms with E-state index in [1.807, 2.05) is 20.8 Å². The summed E-state index contributed by atoms with van der Waals surface area (Å²) in [5.41, 5.74) is -0.137. The first-order valence-electron chi connectivity index (χ1n) is 5.52. The highest BCUT2D eigenvalue weighted by Crippen LogP contribution is 2.25. The molecule has 4 heteroatoms. The highest BCUT2D eigenvalue weighted by atomic mass is 35.5. The Hall–Kier alpha value is -0.640. The lowest BCUT2D eigenvalue weighted by Gasteiger charge is -2.30. The topological polar surface area (TPSA) is 40.5 Å². The maximum atomic E-state index is 13.6. The van der Waals surface area contributed by atoms with Gasteiger partial charge in [0.25, 0.3) is 0 Å². The predicted octanol–water partition coefficient (Wildman–Crippen LogP) is 2.79. The zero-order chi connectivity index (χ0) is 13.2. The van der Waals surface area contributed by atoms with Crippen molar-refractivity contribution >= 4 is 11.6 Å². The van der Waals surface area contributed by atoms with Crippen LogP contribution >= 0.6 is 11.6 Å². The molecule has 0 amide bonds. The van der Waals surface area contributed by atoms with E-state index in [9.17, 15) is 14.6 Å². The van der Waals surface area contributed by atoms with Crippen LogP contribution in [0.5, 0.6) is 0 Å². The van der Waals surface area contributed by atoms with Crippen molar-refractivity contribution in [2.45, 2.75) is 39.4 Å². The standard InChI is InChI=1S/C13H18ClFO2/c1-13(2,3)12(17)10(16)7-8-5-4-6-9(14)11(8)15/h4-6,10,12,16-17H,7H2,1-3H3. The number of benzene rings is 1. The van der Waals surface area contributed by atoms with Gasteiger partial charge in [-0.3, -0.25) is 0 Å². The van der Waals surface area contributed by atoms with Gasteiger partial charge in [-0.15, -0.1) is 0 Å². The zero-order valence-corrected chi connectivity index (χ0v) is 11.0. The monoisotopic (exact) mass is 260 g/mol. The molecule has 1 aromatic carbocycles. The summed E-state index contributed by atoms with van der Waals surface area (Å²) in [5.74, 6) is -0.533. The van der Waals surface area contributed by atoms with Crippen LogP contribution in [-0.2, 0) is 6.42 Å². The fourth-order valence-corrected chi connectivity index (χ4v) is 1.81. The van der Waals surface area contributed by atoms with Crippen molar-refractivity contribution < 1.29 is 14.6 Å². The lowest BCUT2D eigenvalue weighted by molar-refractivity contribution is -0.0436. The zero-order valence-electron chi connectivity index (χ0n) is 10.2. The van der Waals surface area contributed by atoms with E-state index in [0.717, 1.165) is 0 Å². The summed E-state index contributed by atoms with van der Waals surface area (Å²) in [5, 5.41) is 19.8. The van der Waals surface area contributed by atoms with Crippen LogP contribution < -0.4 is 0 Å². The minimum absolute atomic E-state index is 0.0277. The van der Waals surface area contributed by atoms with E-state index >= 15 is 0 Å². The number of hydrogen-bond acceptors (Lipinski definition) is 2. The van der Waals surface area contributed by atoms with Crippen molar-refractivity contribution in [3.63, 3.8) is 0 Å². The molecule has 0 aromatic heterocycles. The first-order chi connectivity index (χ1) is 7.73. The Morgan fingerprint density at radius 1 is 1.29 bits per heavy atom. The summed E-state index contributed by atoms with van der Waals surface area (Å²) in [6, 6.07) is 4.63. The largest absolute Gasteiger partial charge is 0.390 e. The Morgan fingerprint density at radius 3 is 2.41 bits per heavy atom. The van der Waals surface area contributed by atoms with Gasteiger partial charge in [0.05, 0.1) is 17.2 Å². The first-order valence-corrected chi connectivity index (χ1v) is 5.90. The minimum atomic E-state index is -1.01. The average molecular weight is 261 g/mol. The molecule has 0 fully saturated rings. The Kier molecular flexibility index (Phi) is 4.53. The van der Waals surface area contributed by atoms with Gasteiger partial charge in [-0.25, -0.2) is 4.39 Å². The summed E-state index contributed by atoms with van der Waals surface area (Å²) < 4.78 is 13.6. The third-order valence-electron chi connectivity index (χ3n) is 2.71. The number of aliphatic hydroxyl groups excluding tert-OH is 2. The second-order valence-corrected chi connectivity index (χ2v) is 5.70. The Bertz CT molecular complexity index is 387. The molecule has 0 saturated carbocycles. The molecule has 0 radical (unpaired) electrons. The van der Waals surface area contributed by atoms with Crippen LogP contribution in [0.1, 0.15) is 26.3 Å². The van der Waals surface area contributed by atoms with Crippen molar-refractivity contribution in [2.24, 2.45) is 5.41 Å².